The van der Waals surface area contributed by atoms with Crippen molar-refractivity contribution >= 4 is 23.5 Å². The Morgan fingerprint density at radius 1 is 1.09 bits per heavy atom. The lowest BCUT2D eigenvalue weighted by atomic mass is 10.0. The van der Waals surface area contributed by atoms with Gasteiger partial charge in [0, 0.05) is 18.3 Å². The summed E-state index contributed by atoms with van der Waals surface area (Å²) < 4.78 is 0. The molecule has 0 radical (unpaired) electrons. The number of hydrogen-bond acceptors (Lipinski definition) is 5. The van der Waals surface area contributed by atoms with E-state index in [2.05, 4.69) is 24.1 Å². The lowest BCUT2D eigenvalue weighted by Crippen LogP contribution is -2.52. The molecule has 3 heterocycles. The van der Waals surface area contributed by atoms with Gasteiger partial charge < -0.3 is 15.1 Å². The fourth-order valence-corrected chi connectivity index (χ4v) is 4.98. The predicted molar refractivity (Wildman–Crippen MR) is 131 cm³/mol. The van der Waals surface area contributed by atoms with E-state index in [4.69, 9.17) is 0 Å². The third-order valence-corrected chi connectivity index (χ3v) is 6.87. The predicted octanol–water partition coefficient (Wildman–Crippen LogP) is 2.80. The Bertz CT molecular complexity index is 1100. The summed E-state index contributed by atoms with van der Waals surface area (Å²) in [6.07, 6.45) is 3.22. The Balaban J connectivity index is 1.47. The van der Waals surface area contributed by atoms with Gasteiger partial charge >= 0.3 is 0 Å². The highest BCUT2D eigenvalue weighted by atomic mass is 16.2. The quantitative estimate of drug-likeness (QED) is 0.663. The van der Waals surface area contributed by atoms with Gasteiger partial charge in [0.1, 0.15) is 17.8 Å². The number of nitrogens with one attached hydrogen (secondary N) is 1. The maximum Gasteiger partial charge on any atom is 0.273 e. The van der Waals surface area contributed by atoms with Crippen LogP contribution in [0, 0.1) is 0 Å². The number of likely N-dealkylation sites (tertiary alicyclic amines) is 2. The van der Waals surface area contributed by atoms with Crippen molar-refractivity contribution in [1.29, 1.82) is 0 Å². The van der Waals surface area contributed by atoms with Crippen molar-refractivity contribution in [1.82, 2.24) is 20.1 Å². The zero-order valence-corrected chi connectivity index (χ0v) is 20.4. The molecule has 2 saturated heterocycles. The molecule has 2 fully saturated rings. The van der Waals surface area contributed by atoms with Crippen LogP contribution in [0.4, 0.5) is 0 Å². The number of nitrogens with zero attached hydrogens (tertiary/aromatic N) is 3. The number of Topliss-reactive ketones (excluding diaryl/α,β-unsaturated/α-hetero) is 1. The van der Waals surface area contributed by atoms with Crippen molar-refractivity contribution in [2.24, 2.45) is 0 Å². The third-order valence-electron chi connectivity index (χ3n) is 6.87. The van der Waals surface area contributed by atoms with Crippen molar-refractivity contribution in [3.63, 3.8) is 0 Å². The van der Waals surface area contributed by atoms with Crippen molar-refractivity contribution in [3.05, 3.63) is 65.5 Å². The van der Waals surface area contributed by atoms with Crippen LogP contribution in [0.5, 0.6) is 0 Å². The number of pyridine rings is 1. The Morgan fingerprint density at radius 2 is 1.83 bits per heavy atom. The minimum atomic E-state index is -0.732. The zero-order valence-electron chi connectivity index (χ0n) is 20.4. The molecule has 0 aliphatic carbocycles. The first-order valence-electron chi connectivity index (χ1n) is 12.3. The summed E-state index contributed by atoms with van der Waals surface area (Å²) in [5.74, 6) is -0.683. The lowest BCUT2D eigenvalue weighted by molar-refractivity contribution is -0.138. The highest BCUT2D eigenvalue weighted by Crippen LogP contribution is 2.31. The van der Waals surface area contributed by atoms with E-state index in [0.29, 0.717) is 37.3 Å². The number of ketones is 1. The van der Waals surface area contributed by atoms with E-state index in [1.807, 2.05) is 19.1 Å². The summed E-state index contributed by atoms with van der Waals surface area (Å²) in [6.45, 7) is 6.45. The van der Waals surface area contributed by atoms with E-state index in [1.54, 1.807) is 41.4 Å². The highest BCUT2D eigenvalue weighted by molar-refractivity contribution is 6.03. The van der Waals surface area contributed by atoms with Crippen molar-refractivity contribution in [2.45, 2.75) is 64.1 Å². The molecule has 0 spiro atoms. The number of hydrogen-bond donors (Lipinski definition) is 1. The number of rotatable bonds is 7. The van der Waals surface area contributed by atoms with Gasteiger partial charge in [0.15, 0.2) is 5.78 Å². The smallest absolute Gasteiger partial charge is 0.273 e. The van der Waals surface area contributed by atoms with Crippen LogP contribution in [0.3, 0.4) is 0 Å². The summed E-state index contributed by atoms with van der Waals surface area (Å²) in [6, 6.07) is 10.7. The number of fused-ring (bicyclic) bond motifs is 1. The van der Waals surface area contributed by atoms with Gasteiger partial charge in [-0.25, -0.2) is 0 Å². The lowest BCUT2D eigenvalue weighted by Gasteiger charge is -2.28. The van der Waals surface area contributed by atoms with E-state index < -0.39 is 12.1 Å². The van der Waals surface area contributed by atoms with E-state index in [1.165, 1.54) is 4.90 Å². The average molecular weight is 477 g/mol. The van der Waals surface area contributed by atoms with E-state index in [0.717, 1.165) is 5.56 Å². The minimum Gasteiger partial charge on any atom is -0.340 e. The second-order valence-electron chi connectivity index (χ2n) is 9.54. The first kappa shape index (κ1) is 24.6. The van der Waals surface area contributed by atoms with Crippen LogP contribution in [-0.4, -0.2) is 69.5 Å². The number of aromatic nitrogens is 1. The molecule has 8 heteroatoms. The fraction of sp³-hybridized carbons (Fsp3) is 0.444. The number of benzene rings is 1. The van der Waals surface area contributed by atoms with Gasteiger partial charge in [0.2, 0.25) is 5.91 Å². The van der Waals surface area contributed by atoms with Gasteiger partial charge in [-0.1, -0.05) is 45.4 Å². The molecule has 1 N–H and O–H groups in total. The monoisotopic (exact) mass is 476 g/mol. The van der Waals surface area contributed by atoms with Gasteiger partial charge in [-0.15, -0.1) is 0 Å². The molecule has 3 unspecified atom stereocenters. The molecule has 1 aromatic heterocycles. The Hall–Kier alpha value is -3.55. The molecule has 4 rings (SSSR count). The highest BCUT2D eigenvalue weighted by Gasteiger charge is 2.52. The van der Waals surface area contributed by atoms with Gasteiger partial charge in [-0.05, 0) is 48.6 Å². The average Bonchev–Trinajstić information content (AvgIpc) is 3.44. The molecule has 184 valence electrons. The maximum absolute atomic E-state index is 13.5. The molecule has 2 aliphatic rings. The van der Waals surface area contributed by atoms with Crippen molar-refractivity contribution in [2.75, 3.05) is 13.1 Å². The zero-order chi connectivity index (χ0) is 25.1. The minimum absolute atomic E-state index is 0.0402. The molecule has 3 amide bonds. The molecule has 2 aliphatic heterocycles. The second-order valence-corrected chi connectivity index (χ2v) is 9.54. The maximum atomic E-state index is 13.5. The normalized spacial score (nSPS) is 20.2. The standard InChI is InChI=1S/C27H32N4O4/c1-4-7-21(29-25(33)19-11-9-18(10-12-19)17(2)3)27(35)30-15-13-22-24(30)23(32)16-31(22)26(34)20-8-5-6-14-28-20/h5-6,8-12,14,17,21-22,24H,4,7,13,15-16H2,1-3H3,(H,29,33). The summed E-state index contributed by atoms with van der Waals surface area (Å²) in [4.78, 5) is 59.5. The molecule has 35 heavy (non-hydrogen) atoms. The Kier molecular flexibility index (Phi) is 7.28. The number of amides is 3. The van der Waals surface area contributed by atoms with Crippen LogP contribution in [-0.2, 0) is 9.59 Å². The molecule has 0 bridgehead atoms. The SMILES string of the molecule is CCCC(NC(=O)c1ccc(C(C)C)cc1)C(=O)N1CCC2C1C(=O)CN2C(=O)c1ccccn1. The largest absolute Gasteiger partial charge is 0.340 e. The first-order valence-corrected chi connectivity index (χ1v) is 12.3. The number of carbonyl (C=O) groups excluding carboxylic acids is 4. The van der Waals surface area contributed by atoms with Crippen LogP contribution in [0.25, 0.3) is 0 Å². The van der Waals surface area contributed by atoms with Gasteiger partial charge in [-0.3, -0.25) is 24.2 Å². The molecule has 2 aromatic rings. The van der Waals surface area contributed by atoms with Crippen LogP contribution in [0.15, 0.2) is 48.7 Å². The second kappa shape index (κ2) is 10.4. The molecular formula is C27H32N4O4. The molecule has 3 atom stereocenters. The van der Waals surface area contributed by atoms with Crippen LogP contribution in [0.1, 0.15) is 72.4 Å². The van der Waals surface area contributed by atoms with Crippen LogP contribution in [0.2, 0.25) is 0 Å². The van der Waals surface area contributed by atoms with E-state index >= 15 is 0 Å². The first-order chi connectivity index (χ1) is 16.8. The molecular weight excluding hydrogens is 444 g/mol. The fourth-order valence-electron chi connectivity index (χ4n) is 4.98. The van der Waals surface area contributed by atoms with Crippen molar-refractivity contribution < 1.29 is 19.2 Å². The Labute approximate surface area is 205 Å². The van der Waals surface area contributed by atoms with Gasteiger partial charge in [0.25, 0.3) is 11.8 Å². The van der Waals surface area contributed by atoms with Crippen LogP contribution < -0.4 is 5.32 Å². The number of carbonyl (C=O) groups is 4. The van der Waals surface area contributed by atoms with Crippen LogP contribution >= 0.6 is 0 Å². The van der Waals surface area contributed by atoms with Crippen molar-refractivity contribution in [3.8, 4) is 0 Å². The summed E-state index contributed by atoms with van der Waals surface area (Å²) in [5.41, 5.74) is 1.91. The van der Waals surface area contributed by atoms with E-state index in [9.17, 15) is 19.2 Å². The molecule has 1 aromatic carbocycles. The summed E-state index contributed by atoms with van der Waals surface area (Å²) in [5, 5.41) is 2.88. The summed E-state index contributed by atoms with van der Waals surface area (Å²) in [7, 11) is 0. The molecule has 8 nitrogen and oxygen atoms in total. The van der Waals surface area contributed by atoms with Gasteiger partial charge in [-0.2, -0.15) is 0 Å². The van der Waals surface area contributed by atoms with E-state index in [-0.39, 0.29) is 41.8 Å². The van der Waals surface area contributed by atoms with Gasteiger partial charge in [0.05, 0.1) is 12.6 Å². The Morgan fingerprint density at radius 3 is 2.46 bits per heavy atom. The topological polar surface area (TPSA) is 99.7 Å². The molecule has 0 saturated carbocycles. The summed E-state index contributed by atoms with van der Waals surface area (Å²) >= 11 is 0. The third kappa shape index (κ3) is 4.97.